The van der Waals surface area contributed by atoms with E-state index in [-0.39, 0.29) is 0 Å². The van der Waals surface area contributed by atoms with Gasteiger partial charge in [-0.3, -0.25) is 4.90 Å². The summed E-state index contributed by atoms with van der Waals surface area (Å²) in [5, 5.41) is 7.77. The fourth-order valence-electron chi connectivity index (χ4n) is 3.13. The Kier molecular flexibility index (Phi) is 6.58. The molecule has 0 saturated carbocycles. The van der Waals surface area contributed by atoms with E-state index in [4.69, 9.17) is 25.4 Å². The van der Waals surface area contributed by atoms with Gasteiger partial charge in [-0.15, -0.1) is 0 Å². The lowest BCUT2D eigenvalue weighted by atomic mass is 10.1. The lowest BCUT2D eigenvalue weighted by Gasteiger charge is -2.26. The van der Waals surface area contributed by atoms with Crippen LogP contribution in [0.1, 0.15) is 5.56 Å². The molecule has 0 amide bonds. The molecule has 0 bridgehead atoms. The average Bonchev–Trinajstić information content (AvgIpc) is 3.17. The van der Waals surface area contributed by atoms with Crippen molar-refractivity contribution in [3.8, 4) is 16.7 Å². The molecule has 4 rings (SSSR count). The highest BCUT2D eigenvalue weighted by Gasteiger charge is 2.11. The van der Waals surface area contributed by atoms with Crippen LogP contribution in [0.2, 0.25) is 0 Å². The summed E-state index contributed by atoms with van der Waals surface area (Å²) >= 11 is 1.52. The van der Waals surface area contributed by atoms with Crippen LogP contribution in [0, 0.1) is 5.41 Å². The summed E-state index contributed by atoms with van der Waals surface area (Å²) in [6, 6.07) is 13.3. The molecule has 0 aliphatic carbocycles. The Hall–Kier alpha value is -2.94. The van der Waals surface area contributed by atoms with Crippen LogP contribution in [0.4, 0.5) is 0 Å². The van der Waals surface area contributed by atoms with Crippen molar-refractivity contribution in [2.24, 2.45) is 5.73 Å². The Labute approximate surface area is 179 Å². The van der Waals surface area contributed by atoms with E-state index < -0.39 is 0 Å². The molecule has 0 radical (unpaired) electrons. The zero-order valence-corrected chi connectivity index (χ0v) is 17.4. The highest BCUT2D eigenvalue weighted by Crippen LogP contribution is 2.32. The summed E-state index contributed by atoms with van der Waals surface area (Å²) in [6.45, 7) is 4.99. The Morgan fingerprint density at radius 1 is 1.17 bits per heavy atom. The number of morpholine rings is 1. The van der Waals surface area contributed by atoms with E-state index in [2.05, 4.69) is 9.88 Å². The van der Waals surface area contributed by atoms with Crippen molar-refractivity contribution in [3.63, 3.8) is 0 Å². The van der Waals surface area contributed by atoms with E-state index in [0.29, 0.717) is 23.2 Å². The van der Waals surface area contributed by atoms with Crippen LogP contribution < -0.4 is 15.2 Å². The van der Waals surface area contributed by atoms with Gasteiger partial charge in [0.1, 0.15) is 18.1 Å². The third-order valence-electron chi connectivity index (χ3n) is 4.76. The zero-order chi connectivity index (χ0) is 20.8. The van der Waals surface area contributed by atoms with Crippen molar-refractivity contribution in [1.29, 1.82) is 5.41 Å². The first kappa shape index (κ1) is 20.3. The van der Waals surface area contributed by atoms with Crippen LogP contribution in [-0.4, -0.2) is 55.6 Å². The number of ether oxygens (including phenoxy) is 3. The zero-order valence-electron chi connectivity index (χ0n) is 16.5. The van der Waals surface area contributed by atoms with Crippen molar-refractivity contribution < 1.29 is 14.2 Å². The van der Waals surface area contributed by atoms with Gasteiger partial charge in [-0.05, 0) is 48.0 Å². The van der Waals surface area contributed by atoms with Crippen LogP contribution in [0.15, 0.2) is 48.5 Å². The van der Waals surface area contributed by atoms with E-state index in [0.717, 1.165) is 54.4 Å². The molecule has 1 fully saturated rings. The molecule has 1 saturated heterocycles. The Balaban J connectivity index is 1.37. The Bertz CT molecular complexity index is 1030. The molecule has 2 heterocycles. The van der Waals surface area contributed by atoms with E-state index in [9.17, 15) is 0 Å². The third kappa shape index (κ3) is 5.15. The van der Waals surface area contributed by atoms with Crippen molar-refractivity contribution in [2.45, 2.75) is 0 Å². The van der Waals surface area contributed by atoms with E-state index in [1.807, 2.05) is 42.5 Å². The molecule has 0 spiro atoms. The van der Waals surface area contributed by atoms with Gasteiger partial charge in [0.25, 0.3) is 5.19 Å². The number of hydrogen-bond donors (Lipinski definition) is 2. The van der Waals surface area contributed by atoms with E-state index in [1.54, 1.807) is 6.08 Å². The quantitative estimate of drug-likeness (QED) is 0.535. The lowest BCUT2D eigenvalue weighted by molar-refractivity contribution is 0.0322. The van der Waals surface area contributed by atoms with Gasteiger partial charge in [-0.1, -0.05) is 11.3 Å². The minimum Gasteiger partial charge on any atom is -0.469 e. The number of rotatable bonds is 8. The Morgan fingerprint density at radius 2 is 1.93 bits per heavy atom. The SMILES string of the molecule is N=C/C=C(\N)c1ccc(Oc2ccc3nc(OCCN4CCOCC4)sc3c2)cc1. The topological polar surface area (TPSA) is 93.7 Å². The maximum atomic E-state index is 7.10. The number of thiazole rings is 1. The summed E-state index contributed by atoms with van der Waals surface area (Å²) in [6.07, 6.45) is 2.72. The molecule has 0 atom stereocenters. The molecule has 1 aromatic heterocycles. The van der Waals surface area contributed by atoms with Crippen molar-refractivity contribution >= 4 is 33.5 Å². The number of aromatic nitrogens is 1. The number of hydrogen-bond acceptors (Lipinski definition) is 8. The lowest BCUT2D eigenvalue weighted by Crippen LogP contribution is -2.38. The second-order valence-electron chi connectivity index (χ2n) is 6.83. The predicted molar refractivity (Wildman–Crippen MR) is 120 cm³/mol. The smallest absolute Gasteiger partial charge is 0.274 e. The van der Waals surface area contributed by atoms with Crippen LogP contribution in [0.25, 0.3) is 15.9 Å². The number of fused-ring (bicyclic) bond motifs is 1. The number of nitrogens with zero attached hydrogens (tertiary/aromatic N) is 2. The van der Waals surface area contributed by atoms with E-state index in [1.165, 1.54) is 17.6 Å². The van der Waals surface area contributed by atoms with Crippen LogP contribution in [-0.2, 0) is 4.74 Å². The second-order valence-corrected chi connectivity index (χ2v) is 7.82. The maximum absolute atomic E-state index is 7.10. The third-order valence-corrected chi connectivity index (χ3v) is 5.69. The fourth-order valence-corrected chi connectivity index (χ4v) is 4.00. The highest BCUT2D eigenvalue weighted by molar-refractivity contribution is 7.20. The molecule has 2 aromatic carbocycles. The standard InChI is InChI=1S/C22H24N4O3S/c23-8-7-19(24)16-1-3-17(4-2-16)29-18-5-6-20-21(15-18)30-22(25-20)28-14-11-26-9-12-27-13-10-26/h1-8,15,23H,9-14,24H2/b19-7-,23-8?. The molecule has 1 aliphatic heterocycles. The fraction of sp³-hybridized carbons (Fsp3) is 0.273. The largest absolute Gasteiger partial charge is 0.469 e. The first-order chi connectivity index (χ1) is 14.7. The molecule has 8 heteroatoms. The second kappa shape index (κ2) is 9.71. The molecule has 0 unspecified atom stereocenters. The summed E-state index contributed by atoms with van der Waals surface area (Å²) in [5.41, 5.74) is 8.18. The minimum absolute atomic E-state index is 0.545. The molecule has 156 valence electrons. The summed E-state index contributed by atoms with van der Waals surface area (Å²) < 4.78 is 18.2. The van der Waals surface area contributed by atoms with Gasteiger partial charge in [0, 0.05) is 37.6 Å². The van der Waals surface area contributed by atoms with Crippen molar-refractivity contribution in [2.75, 3.05) is 39.5 Å². The number of allylic oxidation sites excluding steroid dienone is 1. The maximum Gasteiger partial charge on any atom is 0.274 e. The average molecular weight is 425 g/mol. The van der Waals surface area contributed by atoms with Gasteiger partial charge >= 0.3 is 0 Å². The molecule has 1 aliphatic rings. The normalized spacial score (nSPS) is 15.3. The molecule has 30 heavy (non-hydrogen) atoms. The molecule has 3 N–H and O–H groups in total. The number of nitrogens with one attached hydrogen (secondary N) is 1. The highest BCUT2D eigenvalue weighted by atomic mass is 32.1. The number of nitrogens with two attached hydrogens (primary N) is 1. The predicted octanol–water partition coefficient (Wildman–Crippen LogP) is 3.75. The van der Waals surface area contributed by atoms with Crippen molar-refractivity contribution in [3.05, 3.63) is 54.1 Å². The molecule has 3 aromatic rings. The van der Waals surface area contributed by atoms with Gasteiger partial charge in [-0.2, -0.15) is 0 Å². The van der Waals surface area contributed by atoms with Crippen LogP contribution >= 0.6 is 11.3 Å². The summed E-state index contributed by atoms with van der Waals surface area (Å²) in [4.78, 5) is 6.89. The summed E-state index contributed by atoms with van der Waals surface area (Å²) in [5.74, 6) is 1.45. The Morgan fingerprint density at radius 3 is 2.70 bits per heavy atom. The van der Waals surface area contributed by atoms with Crippen LogP contribution in [0.5, 0.6) is 16.7 Å². The summed E-state index contributed by atoms with van der Waals surface area (Å²) in [7, 11) is 0. The van der Waals surface area contributed by atoms with Gasteiger partial charge < -0.3 is 25.4 Å². The number of benzene rings is 2. The monoisotopic (exact) mass is 424 g/mol. The molecule has 7 nitrogen and oxygen atoms in total. The molecular formula is C22H24N4O3S. The van der Waals surface area contributed by atoms with E-state index >= 15 is 0 Å². The molecular weight excluding hydrogens is 400 g/mol. The first-order valence-electron chi connectivity index (χ1n) is 9.79. The van der Waals surface area contributed by atoms with Gasteiger partial charge in [-0.25, -0.2) is 4.98 Å². The van der Waals surface area contributed by atoms with Crippen molar-refractivity contribution in [1.82, 2.24) is 9.88 Å². The minimum atomic E-state index is 0.545. The first-order valence-corrected chi connectivity index (χ1v) is 10.6. The van der Waals surface area contributed by atoms with Gasteiger partial charge in [0.2, 0.25) is 0 Å². The van der Waals surface area contributed by atoms with Crippen LogP contribution in [0.3, 0.4) is 0 Å². The van der Waals surface area contributed by atoms with Gasteiger partial charge in [0.15, 0.2) is 0 Å². The van der Waals surface area contributed by atoms with Gasteiger partial charge in [0.05, 0.1) is 23.4 Å².